The molecule has 1 heterocycles. The molecule has 1 atom stereocenters. The highest BCUT2D eigenvalue weighted by atomic mass is 32.2. The summed E-state index contributed by atoms with van der Waals surface area (Å²) in [4.78, 5) is 11.8. The van der Waals surface area contributed by atoms with Crippen LogP contribution in [0, 0.1) is 0 Å². The summed E-state index contributed by atoms with van der Waals surface area (Å²) in [5.74, 6) is 0.820. The Kier molecular flexibility index (Phi) is 4.09. The summed E-state index contributed by atoms with van der Waals surface area (Å²) in [6.45, 7) is 0. The van der Waals surface area contributed by atoms with Crippen LogP contribution < -0.4 is 10.1 Å². The molecule has 1 aromatic rings. The van der Waals surface area contributed by atoms with Gasteiger partial charge in [-0.3, -0.25) is 4.79 Å². The van der Waals surface area contributed by atoms with Crippen LogP contribution in [0.5, 0.6) is 5.75 Å². The Balaban J connectivity index is 1.87. The largest absolute Gasteiger partial charge is 0.497 e. The fraction of sp³-hybridized carbons (Fsp3) is 0.462. The predicted octanol–water partition coefficient (Wildman–Crippen LogP) is 0.541. The smallest absolute Gasteiger partial charge is 0.224 e. The van der Waals surface area contributed by atoms with Crippen molar-refractivity contribution in [3.8, 4) is 5.75 Å². The van der Waals surface area contributed by atoms with Gasteiger partial charge in [-0.25, -0.2) is 8.42 Å². The van der Waals surface area contributed by atoms with Crippen molar-refractivity contribution >= 4 is 15.7 Å². The summed E-state index contributed by atoms with van der Waals surface area (Å²) in [5, 5.41) is 2.76. The molecule has 0 aliphatic carbocycles. The number of hydrogen-bond donors (Lipinski definition) is 1. The van der Waals surface area contributed by atoms with Crippen molar-refractivity contribution in [3.05, 3.63) is 29.8 Å². The van der Waals surface area contributed by atoms with Crippen molar-refractivity contribution in [2.24, 2.45) is 0 Å². The summed E-state index contributed by atoms with van der Waals surface area (Å²) >= 11 is 0. The number of hydrogen-bond acceptors (Lipinski definition) is 4. The van der Waals surface area contributed by atoms with Crippen molar-refractivity contribution in [3.63, 3.8) is 0 Å². The molecule has 19 heavy (non-hydrogen) atoms. The first kappa shape index (κ1) is 13.9. The normalized spacial score (nSPS) is 21.0. The van der Waals surface area contributed by atoms with Crippen molar-refractivity contribution in [2.45, 2.75) is 18.9 Å². The number of benzene rings is 1. The molecule has 1 amide bonds. The van der Waals surface area contributed by atoms with Gasteiger partial charge in [-0.05, 0) is 24.1 Å². The molecule has 0 radical (unpaired) electrons. The van der Waals surface area contributed by atoms with Crippen molar-refractivity contribution in [2.75, 3.05) is 18.6 Å². The highest BCUT2D eigenvalue weighted by Gasteiger charge is 2.28. The molecule has 1 fully saturated rings. The predicted molar refractivity (Wildman–Crippen MR) is 71.9 cm³/mol. The van der Waals surface area contributed by atoms with Gasteiger partial charge in [0.25, 0.3) is 0 Å². The minimum Gasteiger partial charge on any atom is -0.497 e. The van der Waals surface area contributed by atoms with Crippen LogP contribution in [0.2, 0.25) is 0 Å². The number of carbonyl (C=O) groups is 1. The molecule has 104 valence electrons. The first-order valence-electron chi connectivity index (χ1n) is 6.11. The van der Waals surface area contributed by atoms with Gasteiger partial charge < -0.3 is 10.1 Å². The van der Waals surface area contributed by atoms with Gasteiger partial charge in [-0.15, -0.1) is 0 Å². The number of nitrogens with one attached hydrogen (secondary N) is 1. The molecule has 0 aromatic heterocycles. The first-order chi connectivity index (χ1) is 8.98. The lowest BCUT2D eigenvalue weighted by molar-refractivity contribution is -0.120. The van der Waals surface area contributed by atoms with Crippen LogP contribution in [0.3, 0.4) is 0 Å². The Bertz CT molecular complexity index is 551. The van der Waals surface area contributed by atoms with Crippen molar-refractivity contribution in [1.82, 2.24) is 5.32 Å². The second-order valence-electron chi connectivity index (χ2n) is 4.69. The van der Waals surface area contributed by atoms with Crippen LogP contribution >= 0.6 is 0 Å². The number of ether oxygens (including phenoxy) is 1. The average molecular weight is 283 g/mol. The number of amides is 1. The fourth-order valence-corrected chi connectivity index (χ4v) is 3.79. The second-order valence-corrected chi connectivity index (χ2v) is 6.92. The lowest BCUT2D eigenvalue weighted by Gasteiger charge is -2.10. The van der Waals surface area contributed by atoms with Crippen LogP contribution in [0.4, 0.5) is 0 Å². The Morgan fingerprint density at radius 3 is 2.58 bits per heavy atom. The summed E-state index contributed by atoms with van der Waals surface area (Å²) in [5.41, 5.74) is 0.874. The van der Waals surface area contributed by atoms with Gasteiger partial charge in [0.05, 0.1) is 25.0 Å². The lowest BCUT2D eigenvalue weighted by Crippen LogP contribution is -2.36. The number of sulfone groups is 1. The van der Waals surface area contributed by atoms with Crippen molar-refractivity contribution < 1.29 is 17.9 Å². The van der Waals surface area contributed by atoms with Gasteiger partial charge >= 0.3 is 0 Å². The van der Waals surface area contributed by atoms with E-state index >= 15 is 0 Å². The van der Waals surface area contributed by atoms with Crippen LogP contribution in [-0.2, 0) is 21.1 Å². The summed E-state index contributed by atoms with van der Waals surface area (Å²) < 4.78 is 27.6. The van der Waals surface area contributed by atoms with Gasteiger partial charge in [0.15, 0.2) is 9.84 Å². The van der Waals surface area contributed by atoms with Crippen LogP contribution in [0.1, 0.15) is 12.0 Å². The summed E-state index contributed by atoms with van der Waals surface area (Å²) in [6, 6.07) is 6.99. The first-order valence-corrected chi connectivity index (χ1v) is 7.93. The van der Waals surface area contributed by atoms with Crippen molar-refractivity contribution in [1.29, 1.82) is 0 Å². The van der Waals surface area contributed by atoms with Crippen LogP contribution in [-0.4, -0.2) is 39.0 Å². The van der Waals surface area contributed by atoms with Gasteiger partial charge in [-0.1, -0.05) is 12.1 Å². The molecule has 0 spiro atoms. The third-order valence-electron chi connectivity index (χ3n) is 3.12. The maximum atomic E-state index is 11.8. The molecule has 5 nitrogen and oxygen atoms in total. The van der Waals surface area contributed by atoms with E-state index in [-0.39, 0.29) is 29.9 Å². The topological polar surface area (TPSA) is 72.5 Å². The van der Waals surface area contributed by atoms with E-state index < -0.39 is 9.84 Å². The number of rotatable bonds is 4. The van der Waals surface area contributed by atoms with Gasteiger partial charge in [0.2, 0.25) is 5.91 Å². The molecule has 0 saturated carbocycles. The monoisotopic (exact) mass is 283 g/mol. The zero-order valence-corrected chi connectivity index (χ0v) is 11.6. The van der Waals surface area contributed by atoms with E-state index in [1.54, 1.807) is 19.2 Å². The maximum absolute atomic E-state index is 11.8. The van der Waals surface area contributed by atoms with E-state index in [1.165, 1.54) is 0 Å². The zero-order valence-electron chi connectivity index (χ0n) is 10.8. The molecular formula is C13H17NO4S. The molecule has 1 aliphatic rings. The van der Waals surface area contributed by atoms with Gasteiger partial charge in [0.1, 0.15) is 5.75 Å². The van der Waals surface area contributed by atoms with E-state index in [4.69, 9.17) is 4.74 Å². The molecule has 1 aliphatic heterocycles. The minimum atomic E-state index is -2.95. The average Bonchev–Trinajstić information content (AvgIpc) is 2.69. The molecule has 6 heteroatoms. The molecule has 1 N–H and O–H groups in total. The Morgan fingerprint density at radius 2 is 2.05 bits per heavy atom. The minimum absolute atomic E-state index is 0.0569. The molecule has 0 unspecified atom stereocenters. The third kappa shape index (κ3) is 3.96. The quantitative estimate of drug-likeness (QED) is 0.875. The summed E-state index contributed by atoms with van der Waals surface area (Å²) in [7, 11) is -1.37. The van der Waals surface area contributed by atoms with E-state index in [0.717, 1.165) is 11.3 Å². The third-order valence-corrected chi connectivity index (χ3v) is 4.89. The Morgan fingerprint density at radius 1 is 1.37 bits per heavy atom. The maximum Gasteiger partial charge on any atom is 0.224 e. The van der Waals surface area contributed by atoms with E-state index in [9.17, 15) is 13.2 Å². The highest BCUT2D eigenvalue weighted by Crippen LogP contribution is 2.13. The molecular weight excluding hydrogens is 266 g/mol. The fourth-order valence-electron chi connectivity index (χ4n) is 2.12. The van der Waals surface area contributed by atoms with E-state index in [2.05, 4.69) is 5.32 Å². The van der Waals surface area contributed by atoms with E-state index in [1.807, 2.05) is 12.1 Å². The lowest BCUT2D eigenvalue weighted by atomic mass is 10.1. The van der Waals surface area contributed by atoms with Gasteiger partial charge in [-0.2, -0.15) is 0 Å². The standard InChI is InChI=1S/C13H17NO4S/c1-18-12-4-2-10(3-5-12)8-13(15)14-11-6-7-19(16,17)9-11/h2-5,11H,6-9H2,1H3,(H,14,15)/t11-/m0/s1. The van der Waals surface area contributed by atoms with Crippen LogP contribution in [0.25, 0.3) is 0 Å². The number of methoxy groups -OCH3 is 1. The summed E-state index contributed by atoms with van der Waals surface area (Å²) in [6.07, 6.45) is 0.761. The van der Waals surface area contributed by atoms with Gasteiger partial charge in [0, 0.05) is 6.04 Å². The second kappa shape index (κ2) is 5.61. The van der Waals surface area contributed by atoms with Crippen LogP contribution in [0.15, 0.2) is 24.3 Å². The Hall–Kier alpha value is -1.56. The van der Waals surface area contributed by atoms with E-state index in [0.29, 0.717) is 6.42 Å². The highest BCUT2D eigenvalue weighted by molar-refractivity contribution is 7.91. The number of carbonyl (C=O) groups excluding carboxylic acids is 1. The zero-order chi connectivity index (χ0) is 13.9. The SMILES string of the molecule is COc1ccc(CC(=O)N[C@H]2CCS(=O)(=O)C2)cc1. The molecule has 1 aromatic carbocycles. The molecule has 0 bridgehead atoms. The molecule has 1 saturated heterocycles. The molecule has 2 rings (SSSR count). The Labute approximate surface area is 112 Å².